The molecule has 0 atom stereocenters. The molecule has 2 aliphatic heterocycles. The zero-order chi connectivity index (χ0) is 29.9. The zero-order valence-electron chi connectivity index (χ0n) is 24.3. The maximum atomic E-state index is 12.8. The summed E-state index contributed by atoms with van der Waals surface area (Å²) < 4.78 is 23.3. The van der Waals surface area contributed by atoms with Crippen molar-refractivity contribution in [3.8, 4) is 23.0 Å². The number of nitrogens with one attached hydrogen (secondary N) is 1. The van der Waals surface area contributed by atoms with Crippen LogP contribution in [0.4, 0.5) is 0 Å². The molecule has 2 heterocycles. The second-order valence-corrected chi connectivity index (χ2v) is 11.1. The van der Waals surface area contributed by atoms with Crippen LogP contribution in [-0.2, 0) is 4.79 Å². The van der Waals surface area contributed by atoms with Gasteiger partial charge in [0.15, 0.2) is 17.3 Å². The highest BCUT2D eigenvalue weighted by molar-refractivity contribution is 8.26. The summed E-state index contributed by atoms with van der Waals surface area (Å²) in [5.41, 5.74) is 0.699. The molecular formula is C31H37ClN4O5S. The Labute approximate surface area is 256 Å². The Morgan fingerprint density at radius 1 is 0.929 bits per heavy atom. The van der Waals surface area contributed by atoms with Crippen molar-refractivity contribution >= 4 is 51.4 Å². The van der Waals surface area contributed by atoms with Crippen molar-refractivity contribution in [2.45, 2.75) is 59.3 Å². The molecule has 0 radical (unpaired) electrons. The van der Waals surface area contributed by atoms with Crippen molar-refractivity contribution in [2.75, 3.05) is 26.4 Å². The number of ether oxygens (including phenoxy) is 4. The molecule has 1 N–H and O–H groups in total. The van der Waals surface area contributed by atoms with Crippen LogP contribution in [0, 0.1) is 5.41 Å². The number of carbonyl (C=O) groups excluding carboxylic acids is 1. The van der Waals surface area contributed by atoms with Crippen molar-refractivity contribution in [1.29, 1.82) is 5.41 Å². The Morgan fingerprint density at radius 2 is 1.64 bits per heavy atom. The van der Waals surface area contributed by atoms with E-state index in [-0.39, 0.29) is 18.0 Å². The van der Waals surface area contributed by atoms with E-state index < -0.39 is 5.91 Å². The van der Waals surface area contributed by atoms with Gasteiger partial charge in [0.05, 0.1) is 23.8 Å². The minimum Gasteiger partial charge on any atom is -0.494 e. The van der Waals surface area contributed by atoms with Crippen molar-refractivity contribution in [3.05, 3.63) is 52.6 Å². The van der Waals surface area contributed by atoms with E-state index in [0.717, 1.165) is 30.1 Å². The van der Waals surface area contributed by atoms with Crippen molar-refractivity contribution < 1.29 is 23.7 Å². The first-order valence-electron chi connectivity index (χ1n) is 14.4. The van der Waals surface area contributed by atoms with E-state index in [0.29, 0.717) is 52.8 Å². The van der Waals surface area contributed by atoms with E-state index >= 15 is 0 Å². The lowest BCUT2D eigenvalue weighted by Gasteiger charge is -2.20. The number of benzene rings is 2. The van der Waals surface area contributed by atoms with Crippen LogP contribution in [0.3, 0.4) is 0 Å². The second-order valence-electron chi connectivity index (χ2n) is 9.60. The standard InChI is InChI=1S/C31H37ClN4O5S/c1-4-7-8-9-15-39-22-11-13-23(14-12-22)40-16-17-41-28-25(32)19-21(20-26(28)38-6-3)18-24-29(33)36-31(34-30(24)37)42-27(35-36)10-5-2/h11-14,18-20,33H,4-10,15-17H2,1-3H3/b24-18-,33-29?. The molecule has 0 unspecified atom stereocenters. The van der Waals surface area contributed by atoms with Crippen LogP contribution in [0.5, 0.6) is 23.0 Å². The van der Waals surface area contributed by atoms with Gasteiger partial charge in [-0.05, 0) is 86.0 Å². The van der Waals surface area contributed by atoms with Gasteiger partial charge in [0.2, 0.25) is 5.17 Å². The topological polar surface area (TPSA) is 106 Å². The molecule has 42 heavy (non-hydrogen) atoms. The van der Waals surface area contributed by atoms with Gasteiger partial charge in [-0.3, -0.25) is 10.2 Å². The second kappa shape index (κ2) is 15.7. The number of unbranched alkanes of at least 4 members (excludes halogenated alkanes) is 3. The van der Waals surface area contributed by atoms with Gasteiger partial charge in [-0.25, -0.2) is 0 Å². The van der Waals surface area contributed by atoms with E-state index in [9.17, 15) is 4.79 Å². The van der Waals surface area contributed by atoms with Crippen LogP contribution in [0.1, 0.15) is 64.9 Å². The number of aliphatic imine (C=N–C) groups is 1. The van der Waals surface area contributed by atoms with E-state index in [2.05, 4.69) is 23.9 Å². The number of amidine groups is 2. The van der Waals surface area contributed by atoms with E-state index in [4.69, 9.17) is 36.0 Å². The fraction of sp³-hybridized carbons (Fsp3) is 0.419. The molecule has 0 bridgehead atoms. The monoisotopic (exact) mass is 612 g/mol. The minimum atomic E-state index is -0.496. The number of thioether (sulfide) groups is 1. The number of hydrazone groups is 1. The lowest BCUT2D eigenvalue weighted by molar-refractivity contribution is -0.114. The summed E-state index contributed by atoms with van der Waals surface area (Å²) in [7, 11) is 0. The predicted molar refractivity (Wildman–Crippen MR) is 170 cm³/mol. The van der Waals surface area contributed by atoms with Crippen LogP contribution in [0.25, 0.3) is 6.08 Å². The Kier molecular flexibility index (Phi) is 11.7. The van der Waals surface area contributed by atoms with Gasteiger partial charge in [0, 0.05) is 0 Å². The lowest BCUT2D eigenvalue weighted by Crippen LogP contribution is -2.35. The first-order valence-corrected chi connectivity index (χ1v) is 15.6. The molecule has 0 aromatic heterocycles. The number of amides is 1. The Morgan fingerprint density at radius 3 is 2.33 bits per heavy atom. The van der Waals surface area contributed by atoms with Gasteiger partial charge in [-0.15, -0.1) is 0 Å². The van der Waals surface area contributed by atoms with Gasteiger partial charge >= 0.3 is 0 Å². The largest absolute Gasteiger partial charge is 0.494 e. The number of hydrogen-bond acceptors (Lipinski definition) is 8. The average molecular weight is 613 g/mol. The van der Waals surface area contributed by atoms with Gasteiger partial charge in [-0.2, -0.15) is 15.1 Å². The first-order chi connectivity index (χ1) is 20.4. The number of rotatable bonds is 16. The summed E-state index contributed by atoms with van der Waals surface area (Å²) in [6.45, 7) is 7.74. The molecule has 2 aliphatic rings. The molecule has 0 fully saturated rings. The first kappa shape index (κ1) is 31.4. The summed E-state index contributed by atoms with van der Waals surface area (Å²) in [5.74, 6) is 1.82. The molecule has 2 aromatic carbocycles. The molecule has 224 valence electrons. The SMILES string of the molecule is CCCCCCOc1ccc(OCCOc2c(Cl)cc(/C=C3/C(=N)N4N=C(CCC)SC4=NC3=O)cc2OCC)cc1. The summed E-state index contributed by atoms with van der Waals surface area (Å²) in [6.07, 6.45) is 7.92. The highest BCUT2D eigenvalue weighted by atomic mass is 35.5. The fourth-order valence-electron chi connectivity index (χ4n) is 4.24. The quantitative estimate of drug-likeness (QED) is 0.154. The van der Waals surface area contributed by atoms with Crippen molar-refractivity contribution in [1.82, 2.24) is 5.01 Å². The van der Waals surface area contributed by atoms with E-state index in [1.807, 2.05) is 31.2 Å². The molecule has 0 saturated carbocycles. The fourth-order valence-corrected chi connectivity index (χ4v) is 5.50. The highest BCUT2D eigenvalue weighted by Crippen LogP contribution is 2.38. The minimum absolute atomic E-state index is 0.0262. The predicted octanol–water partition coefficient (Wildman–Crippen LogP) is 7.57. The molecule has 0 aliphatic carbocycles. The van der Waals surface area contributed by atoms with Gasteiger partial charge in [0.25, 0.3) is 5.91 Å². The summed E-state index contributed by atoms with van der Waals surface area (Å²) in [5, 5.41) is 16.0. The van der Waals surface area contributed by atoms with Crippen LogP contribution in [0.15, 0.2) is 52.1 Å². The zero-order valence-corrected chi connectivity index (χ0v) is 25.9. The van der Waals surface area contributed by atoms with Gasteiger partial charge in [-0.1, -0.05) is 44.7 Å². The molecule has 11 heteroatoms. The Bertz CT molecular complexity index is 1360. The third-order valence-corrected chi connectivity index (χ3v) is 7.54. The van der Waals surface area contributed by atoms with Crippen LogP contribution in [-0.4, -0.2) is 53.4 Å². The van der Waals surface area contributed by atoms with Crippen molar-refractivity contribution in [2.24, 2.45) is 10.1 Å². The van der Waals surface area contributed by atoms with Crippen molar-refractivity contribution in [3.63, 3.8) is 0 Å². The summed E-state index contributed by atoms with van der Waals surface area (Å²) >= 11 is 7.92. The molecule has 0 spiro atoms. The Balaban J connectivity index is 1.36. The number of halogens is 1. The smallest absolute Gasteiger partial charge is 0.283 e. The molecule has 9 nitrogen and oxygen atoms in total. The van der Waals surface area contributed by atoms with E-state index in [1.54, 1.807) is 18.2 Å². The molecule has 4 rings (SSSR count). The Hall–Kier alpha value is -3.50. The normalized spacial score (nSPS) is 15.4. The molecule has 0 saturated heterocycles. The third-order valence-electron chi connectivity index (χ3n) is 6.29. The average Bonchev–Trinajstić information content (AvgIpc) is 3.38. The molecular weight excluding hydrogens is 576 g/mol. The van der Waals surface area contributed by atoms with Crippen LogP contribution >= 0.6 is 23.4 Å². The number of fused-ring (bicyclic) bond motifs is 1. The third kappa shape index (κ3) is 8.29. The maximum absolute atomic E-state index is 12.8. The lowest BCUT2D eigenvalue weighted by atomic mass is 10.1. The number of hydrogen-bond donors (Lipinski definition) is 1. The highest BCUT2D eigenvalue weighted by Gasteiger charge is 2.35. The van der Waals surface area contributed by atoms with Gasteiger partial charge in [0.1, 0.15) is 29.8 Å². The van der Waals surface area contributed by atoms with Gasteiger partial charge < -0.3 is 18.9 Å². The van der Waals surface area contributed by atoms with E-state index in [1.165, 1.54) is 36.0 Å². The molecule has 2 aromatic rings. The molecule has 1 amide bonds. The summed E-state index contributed by atoms with van der Waals surface area (Å²) in [6, 6.07) is 10.9. The summed E-state index contributed by atoms with van der Waals surface area (Å²) in [4.78, 5) is 16.9. The van der Waals surface area contributed by atoms with Crippen LogP contribution < -0.4 is 18.9 Å². The number of nitrogens with zero attached hydrogens (tertiary/aromatic N) is 3. The number of carbonyl (C=O) groups is 1. The van der Waals surface area contributed by atoms with Crippen LogP contribution in [0.2, 0.25) is 5.02 Å². The maximum Gasteiger partial charge on any atom is 0.283 e.